The zero-order valence-electron chi connectivity index (χ0n) is 12.3. The molecule has 1 heterocycles. The Kier molecular flexibility index (Phi) is 3.69. The van der Waals surface area contributed by atoms with Crippen LogP contribution in [-0.4, -0.2) is 0 Å². The minimum Gasteiger partial charge on any atom is -0.236 e. The molecular weight excluding hydrogens is 258 g/mol. The fraction of sp³-hybridized carbons (Fsp3) is 0.105. The lowest BCUT2D eigenvalue weighted by Crippen LogP contribution is -2.27. The molecule has 1 aromatic heterocycles. The van der Waals surface area contributed by atoms with Crippen molar-refractivity contribution in [3.05, 3.63) is 77.5 Å². The number of aromatic nitrogens is 1. The summed E-state index contributed by atoms with van der Waals surface area (Å²) in [7, 11) is 1.92. The van der Waals surface area contributed by atoms with Crippen molar-refractivity contribution in [3.8, 4) is 11.3 Å². The third kappa shape index (κ3) is 3.11. The van der Waals surface area contributed by atoms with Crippen molar-refractivity contribution in [1.82, 2.24) is 0 Å². The average molecular weight is 276 g/mol. The first-order valence-electron chi connectivity index (χ1n) is 7.03. The molecule has 0 atom stereocenters. The third-order valence-corrected chi connectivity index (χ3v) is 3.46. The van der Waals surface area contributed by atoms with Crippen LogP contribution in [0.5, 0.6) is 0 Å². The molecule has 0 aliphatic carbocycles. The molecule has 0 aliphatic rings. The molecule has 0 unspecified atom stereocenters. The predicted molar refractivity (Wildman–Crippen MR) is 85.4 cm³/mol. The van der Waals surface area contributed by atoms with Gasteiger partial charge in [0.2, 0.25) is 5.76 Å². The summed E-state index contributed by atoms with van der Waals surface area (Å²) in [4.78, 5) is 0. The van der Waals surface area contributed by atoms with Gasteiger partial charge in [-0.25, -0.2) is 4.52 Å². The fourth-order valence-electron chi connectivity index (χ4n) is 2.20. The summed E-state index contributed by atoms with van der Waals surface area (Å²) in [5.41, 5.74) is 4.56. The molecular formula is C19H18NO+. The maximum atomic E-state index is 5.79. The van der Waals surface area contributed by atoms with Gasteiger partial charge in [0.25, 0.3) is 5.69 Å². The van der Waals surface area contributed by atoms with E-state index >= 15 is 0 Å². The zero-order valence-corrected chi connectivity index (χ0v) is 12.3. The molecule has 2 heteroatoms. The van der Waals surface area contributed by atoms with E-state index in [1.165, 1.54) is 11.1 Å². The smallest absolute Gasteiger partial charge is 0.236 e. The van der Waals surface area contributed by atoms with Crippen molar-refractivity contribution in [2.75, 3.05) is 0 Å². The van der Waals surface area contributed by atoms with Crippen molar-refractivity contribution < 1.29 is 9.26 Å². The van der Waals surface area contributed by atoms with Gasteiger partial charge in [0.05, 0.1) is 6.07 Å². The summed E-state index contributed by atoms with van der Waals surface area (Å²) in [6.45, 7) is 2.08. The van der Waals surface area contributed by atoms with Gasteiger partial charge < -0.3 is 0 Å². The Balaban J connectivity index is 1.88. The number of benzene rings is 2. The fourth-order valence-corrected chi connectivity index (χ4v) is 2.20. The number of hydrogen-bond acceptors (Lipinski definition) is 1. The minimum atomic E-state index is 0.880. The molecule has 0 amide bonds. The van der Waals surface area contributed by atoms with Crippen LogP contribution in [0.15, 0.2) is 65.2 Å². The van der Waals surface area contributed by atoms with Crippen molar-refractivity contribution in [1.29, 1.82) is 0 Å². The van der Waals surface area contributed by atoms with Crippen LogP contribution in [0.3, 0.4) is 0 Å². The van der Waals surface area contributed by atoms with Gasteiger partial charge in [0.1, 0.15) is 0 Å². The molecule has 0 radical (unpaired) electrons. The summed E-state index contributed by atoms with van der Waals surface area (Å²) < 4.78 is 7.58. The molecule has 0 aliphatic heterocycles. The highest BCUT2D eigenvalue weighted by Gasteiger charge is 2.14. The zero-order chi connectivity index (χ0) is 14.7. The number of nitrogens with zero attached hydrogens (tertiary/aromatic N) is 1. The average Bonchev–Trinajstić information content (AvgIpc) is 2.88. The normalized spacial score (nSPS) is 11.1. The molecule has 3 aromatic rings. The second-order valence-electron chi connectivity index (χ2n) is 5.13. The molecule has 0 saturated carbocycles. The standard InChI is InChI=1S/C19H18NO/c1-15-8-11-17(12-9-15)19-14-18(20(2)21-19)13-10-16-6-4-3-5-7-16/h3-14H,1-2H3/q+1. The minimum absolute atomic E-state index is 0.880. The maximum Gasteiger partial charge on any atom is 0.255 e. The van der Waals surface area contributed by atoms with Crippen LogP contribution < -0.4 is 4.74 Å². The molecule has 0 N–H and O–H groups in total. The lowest BCUT2D eigenvalue weighted by molar-refractivity contribution is -0.844. The van der Waals surface area contributed by atoms with Crippen LogP contribution in [0, 0.1) is 6.92 Å². The lowest BCUT2D eigenvalue weighted by atomic mass is 10.1. The van der Waals surface area contributed by atoms with Crippen LogP contribution in [0.4, 0.5) is 0 Å². The topological polar surface area (TPSA) is 17.0 Å². The highest BCUT2D eigenvalue weighted by Crippen LogP contribution is 2.20. The summed E-state index contributed by atoms with van der Waals surface area (Å²) in [6.07, 6.45) is 4.15. The molecule has 0 fully saturated rings. The summed E-state index contributed by atoms with van der Waals surface area (Å²) >= 11 is 0. The van der Waals surface area contributed by atoms with E-state index in [-0.39, 0.29) is 0 Å². The highest BCUT2D eigenvalue weighted by atomic mass is 16.5. The van der Waals surface area contributed by atoms with E-state index in [2.05, 4.69) is 61.5 Å². The van der Waals surface area contributed by atoms with Gasteiger partial charge in [0, 0.05) is 11.6 Å². The van der Waals surface area contributed by atoms with Crippen molar-refractivity contribution >= 4 is 12.2 Å². The maximum absolute atomic E-state index is 5.79. The van der Waals surface area contributed by atoms with Gasteiger partial charge in [-0.2, -0.15) is 0 Å². The number of rotatable bonds is 3. The second kappa shape index (κ2) is 5.80. The summed E-state index contributed by atoms with van der Waals surface area (Å²) in [5, 5.41) is 0. The third-order valence-electron chi connectivity index (χ3n) is 3.46. The van der Waals surface area contributed by atoms with E-state index < -0.39 is 0 Å². The first-order valence-corrected chi connectivity index (χ1v) is 7.03. The molecule has 0 spiro atoms. The van der Waals surface area contributed by atoms with Gasteiger partial charge in [0.15, 0.2) is 7.05 Å². The highest BCUT2D eigenvalue weighted by molar-refractivity contribution is 5.69. The monoisotopic (exact) mass is 276 g/mol. The number of aryl methyl sites for hydroxylation is 2. The van der Waals surface area contributed by atoms with Gasteiger partial charge in [-0.15, -0.1) is 0 Å². The Morgan fingerprint density at radius 1 is 0.905 bits per heavy atom. The van der Waals surface area contributed by atoms with E-state index in [4.69, 9.17) is 4.52 Å². The van der Waals surface area contributed by atoms with Crippen LogP contribution in [0.2, 0.25) is 0 Å². The van der Waals surface area contributed by atoms with E-state index in [1.54, 1.807) is 4.74 Å². The first-order chi connectivity index (χ1) is 10.2. The molecule has 104 valence electrons. The van der Waals surface area contributed by atoms with Gasteiger partial charge in [-0.3, -0.25) is 0 Å². The Bertz CT molecular complexity index is 752. The molecule has 21 heavy (non-hydrogen) atoms. The van der Waals surface area contributed by atoms with Crippen LogP contribution in [0.1, 0.15) is 16.8 Å². The van der Waals surface area contributed by atoms with Crippen LogP contribution in [0.25, 0.3) is 23.5 Å². The van der Waals surface area contributed by atoms with E-state index in [0.29, 0.717) is 0 Å². The Labute approximate surface area is 124 Å². The molecule has 2 nitrogen and oxygen atoms in total. The van der Waals surface area contributed by atoms with Crippen LogP contribution >= 0.6 is 0 Å². The molecule has 0 saturated heterocycles. The predicted octanol–water partition coefficient (Wildman–Crippen LogP) is 4.25. The Hall–Kier alpha value is -2.61. The quantitative estimate of drug-likeness (QED) is 0.654. The van der Waals surface area contributed by atoms with Gasteiger partial charge in [-0.1, -0.05) is 60.2 Å². The Morgan fingerprint density at radius 2 is 1.62 bits per heavy atom. The molecule has 2 aromatic carbocycles. The lowest BCUT2D eigenvalue weighted by Gasteiger charge is -1.93. The van der Waals surface area contributed by atoms with Crippen molar-refractivity contribution in [2.45, 2.75) is 6.92 Å². The Morgan fingerprint density at radius 3 is 2.33 bits per heavy atom. The number of hydrogen-bond donors (Lipinski definition) is 0. The van der Waals surface area contributed by atoms with Gasteiger partial charge in [-0.05, 0) is 23.3 Å². The first kappa shape index (κ1) is 13.4. The largest absolute Gasteiger partial charge is 0.255 e. The van der Waals surface area contributed by atoms with E-state index in [0.717, 1.165) is 17.0 Å². The van der Waals surface area contributed by atoms with Gasteiger partial charge >= 0.3 is 0 Å². The molecule has 0 bridgehead atoms. The summed E-state index contributed by atoms with van der Waals surface area (Å²) in [5.74, 6) is 0.880. The summed E-state index contributed by atoms with van der Waals surface area (Å²) in [6, 6.07) is 20.7. The van der Waals surface area contributed by atoms with E-state index in [1.807, 2.05) is 25.2 Å². The molecule has 3 rings (SSSR count). The van der Waals surface area contributed by atoms with Crippen molar-refractivity contribution in [2.24, 2.45) is 7.05 Å². The van der Waals surface area contributed by atoms with E-state index in [9.17, 15) is 0 Å². The van der Waals surface area contributed by atoms with Crippen molar-refractivity contribution in [3.63, 3.8) is 0 Å². The SMILES string of the molecule is Cc1ccc(-c2cc(C=Cc3ccccc3)[n+](C)o2)cc1. The second-order valence-corrected chi connectivity index (χ2v) is 5.13. The van der Waals surface area contributed by atoms with Crippen LogP contribution in [-0.2, 0) is 7.05 Å².